The van der Waals surface area contributed by atoms with Crippen LogP contribution in [0.5, 0.6) is 0 Å². The minimum absolute atomic E-state index is 0.0174. The Hall–Kier alpha value is -0.720. The molecule has 2 bridgehead atoms. The SMILES string of the molecule is C=CC(CC[C@@H](C)[C@H]1CC[C@@H]2[C@]1(C)CC[C@H]1[C@]23C=C[C@]2(C[C@@H](O)CC[C@]12C)OO3)(OO)C(C)C. The van der Waals surface area contributed by atoms with Crippen LogP contribution in [0.2, 0.25) is 0 Å². The van der Waals surface area contributed by atoms with E-state index in [1.165, 1.54) is 12.8 Å². The van der Waals surface area contributed by atoms with Crippen molar-refractivity contribution >= 4 is 0 Å². The summed E-state index contributed by atoms with van der Waals surface area (Å²) in [6, 6.07) is 0. The fraction of sp³-hybridized carbons (Fsp3) is 0.862. The molecule has 1 saturated heterocycles. The molecule has 3 saturated carbocycles. The molecular formula is C29H46O5. The van der Waals surface area contributed by atoms with Crippen LogP contribution in [0, 0.1) is 40.4 Å². The Morgan fingerprint density at radius 2 is 1.85 bits per heavy atom. The third kappa shape index (κ3) is 3.09. The minimum atomic E-state index is -0.681. The van der Waals surface area contributed by atoms with E-state index in [2.05, 4.69) is 53.3 Å². The maximum Gasteiger partial charge on any atom is 0.130 e. The van der Waals surface area contributed by atoms with Gasteiger partial charge in [0.25, 0.3) is 0 Å². The largest absolute Gasteiger partial charge is 0.393 e. The molecule has 5 nitrogen and oxygen atoms in total. The first-order valence-electron chi connectivity index (χ1n) is 13.7. The monoisotopic (exact) mass is 474 g/mol. The zero-order valence-corrected chi connectivity index (χ0v) is 21.9. The van der Waals surface area contributed by atoms with E-state index >= 15 is 0 Å². The second-order valence-electron chi connectivity index (χ2n) is 13.3. The van der Waals surface area contributed by atoms with Crippen molar-refractivity contribution in [1.82, 2.24) is 0 Å². The van der Waals surface area contributed by atoms with Crippen molar-refractivity contribution in [2.24, 2.45) is 40.4 Å². The lowest BCUT2D eigenvalue weighted by atomic mass is 9.42. The van der Waals surface area contributed by atoms with Gasteiger partial charge >= 0.3 is 0 Å². The van der Waals surface area contributed by atoms with Crippen molar-refractivity contribution in [2.45, 2.75) is 115 Å². The van der Waals surface area contributed by atoms with E-state index in [0.717, 1.165) is 38.5 Å². The third-order valence-corrected chi connectivity index (χ3v) is 11.9. The van der Waals surface area contributed by atoms with Gasteiger partial charge in [-0.3, -0.25) is 5.26 Å². The van der Waals surface area contributed by atoms with Gasteiger partial charge in [0, 0.05) is 23.7 Å². The smallest absolute Gasteiger partial charge is 0.130 e. The Bertz CT molecular complexity index is 840. The number of hydrogen-bond acceptors (Lipinski definition) is 5. The molecule has 0 aromatic rings. The molecule has 4 fully saturated rings. The minimum Gasteiger partial charge on any atom is -0.393 e. The Kier molecular flexibility index (Phi) is 5.98. The molecule has 192 valence electrons. The lowest BCUT2D eigenvalue weighted by molar-refractivity contribution is -0.497. The fourth-order valence-corrected chi connectivity index (χ4v) is 9.54. The van der Waals surface area contributed by atoms with E-state index in [1.54, 1.807) is 6.08 Å². The first-order valence-corrected chi connectivity index (χ1v) is 13.7. The lowest BCUT2D eigenvalue weighted by Gasteiger charge is -2.69. The Balaban J connectivity index is 1.39. The molecule has 6 rings (SSSR count). The van der Waals surface area contributed by atoms with Crippen molar-refractivity contribution in [3.63, 3.8) is 0 Å². The molecule has 2 aliphatic heterocycles. The summed E-state index contributed by atoms with van der Waals surface area (Å²) in [5, 5.41) is 20.1. The normalized spacial score (nSPS) is 49.8. The highest BCUT2D eigenvalue weighted by atomic mass is 17.2. The molecule has 2 heterocycles. The molecule has 34 heavy (non-hydrogen) atoms. The van der Waals surface area contributed by atoms with Crippen molar-refractivity contribution < 1.29 is 25.0 Å². The summed E-state index contributed by atoms with van der Waals surface area (Å²) in [4.78, 5) is 17.8. The molecule has 1 unspecified atom stereocenters. The van der Waals surface area contributed by atoms with Crippen molar-refractivity contribution in [2.75, 3.05) is 0 Å². The second kappa shape index (κ2) is 8.14. The van der Waals surface area contributed by atoms with E-state index in [0.29, 0.717) is 30.1 Å². The predicted molar refractivity (Wildman–Crippen MR) is 132 cm³/mol. The quantitative estimate of drug-likeness (QED) is 0.251. The maximum atomic E-state index is 10.4. The zero-order valence-electron chi connectivity index (χ0n) is 21.9. The summed E-state index contributed by atoms with van der Waals surface area (Å²) < 4.78 is 0. The van der Waals surface area contributed by atoms with Crippen LogP contribution in [-0.4, -0.2) is 33.3 Å². The summed E-state index contributed by atoms with van der Waals surface area (Å²) >= 11 is 0. The number of fused-ring (bicyclic) bond motifs is 2. The Morgan fingerprint density at radius 1 is 1.09 bits per heavy atom. The van der Waals surface area contributed by atoms with Crippen LogP contribution < -0.4 is 0 Å². The molecule has 0 radical (unpaired) electrons. The number of aliphatic hydroxyl groups excluding tert-OH is 1. The van der Waals surface area contributed by atoms with Crippen molar-refractivity contribution in [3.8, 4) is 0 Å². The summed E-state index contributed by atoms with van der Waals surface area (Å²) in [6.07, 6.45) is 15.1. The van der Waals surface area contributed by atoms with E-state index in [4.69, 9.17) is 14.7 Å². The van der Waals surface area contributed by atoms with Crippen LogP contribution in [-0.2, 0) is 14.7 Å². The number of rotatable bonds is 7. The van der Waals surface area contributed by atoms with Crippen LogP contribution in [0.15, 0.2) is 24.8 Å². The molecule has 2 spiro atoms. The average molecular weight is 475 g/mol. The van der Waals surface area contributed by atoms with Gasteiger partial charge in [0.1, 0.15) is 16.8 Å². The van der Waals surface area contributed by atoms with Crippen molar-refractivity contribution in [1.29, 1.82) is 0 Å². The lowest BCUT2D eigenvalue weighted by Crippen LogP contribution is -2.73. The van der Waals surface area contributed by atoms with E-state index in [-0.39, 0.29) is 28.5 Å². The molecule has 0 amide bonds. The van der Waals surface area contributed by atoms with Crippen LogP contribution >= 0.6 is 0 Å². The average Bonchev–Trinajstić information content (AvgIpc) is 3.18. The van der Waals surface area contributed by atoms with E-state index in [1.807, 2.05) is 0 Å². The van der Waals surface area contributed by atoms with Crippen LogP contribution in [0.25, 0.3) is 0 Å². The first kappa shape index (κ1) is 25.0. The summed E-state index contributed by atoms with van der Waals surface area (Å²) in [5.74, 6) is 2.17. The summed E-state index contributed by atoms with van der Waals surface area (Å²) in [5.41, 5.74) is -1.30. The highest BCUT2D eigenvalue weighted by Crippen LogP contribution is 2.72. The molecule has 0 aromatic heterocycles. The highest BCUT2D eigenvalue weighted by Gasteiger charge is 2.74. The van der Waals surface area contributed by atoms with Crippen molar-refractivity contribution in [3.05, 3.63) is 24.8 Å². The maximum absolute atomic E-state index is 10.4. The van der Waals surface area contributed by atoms with Gasteiger partial charge in [-0.05, 0) is 80.6 Å². The molecule has 2 N–H and O–H groups in total. The first-order chi connectivity index (χ1) is 16.0. The topological polar surface area (TPSA) is 68.2 Å². The Labute approximate surface area is 205 Å². The van der Waals surface area contributed by atoms with Gasteiger partial charge in [0.05, 0.1) is 6.10 Å². The number of hydrogen-bond donors (Lipinski definition) is 2. The molecule has 10 atom stereocenters. The molecule has 6 aliphatic rings. The summed E-state index contributed by atoms with van der Waals surface area (Å²) in [7, 11) is 0. The predicted octanol–water partition coefficient (Wildman–Crippen LogP) is 6.48. The Morgan fingerprint density at radius 3 is 2.47 bits per heavy atom. The molecular weight excluding hydrogens is 428 g/mol. The van der Waals surface area contributed by atoms with E-state index in [9.17, 15) is 10.4 Å². The zero-order chi connectivity index (χ0) is 24.6. The van der Waals surface area contributed by atoms with Gasteiger partial charge < -0.3 is 5.11 Å². The summed E-state index contributed by atoms with van der Waals surface area (Å²) in [6.45, 7) is 15.4. The van der Waals surface area contributed by atoms with Gasteiger partial charge in [0.15, 0.2) is 0 Å². The van der Waals surface area contributed by atoms with Gasteiger partial charge in [-0.1, -0.05) is 46.8 Å². The van der Waals surface area contributed by atoms with Crippen LogP contribution in [0.1, 0.15) is 92.4 Å². The van der Waals surface area contributed by atoms with Gasteiger partial charge in [0.2, 0.25) is 0 Å². The number of aliphatic hydroxyl groups is 1. The van der Waals surface area contributed by atoms with Crippen LogP contribution in [0.3, 0.4) is 0 Å². The molecule has 4 aliphatic carbocycles. The fourth-order valence-electron chi connectivity index (χ4n) is 9.54. The van der Waals surface area contributed by atoms with E-state index < -0.39 is 11.2 Å². The van der Waals surface area contributed by atoms with Gasteiger partial charge in [-0.25, -0.2) is 14.7 Å². The van der Waals surface area contributed by atoms with Gasteiger partial charge in [-0.15, -0.1) is 6.58 Å². The molecule has 0 aromatic carbocycles. The van der Waals surface area contributed by atoms with Gasteiger partial charge in [-0.2, -0.15) is 0 Å². The highest BCUT2D eigenvalue weighted by molar-refractivity contribution is 5.33. The molecule has 5 heteroatoms. The second-order valence-corrected chi connectivity index (χ2v) is 13.3. The van der Waals surface area contributed by atoms with Crippen LogP contribution in [0.4, 0.5) is 0 Å². The standard InChI is InChI=1S/C29H46O5/c1-7-27(32-31,19(2)3)15-10-20(4)22-8-9-23-25(22,5)13-12-24-26(6)14-11-21(30)18-28(26)16-17-29(23,24)34-33-28/h7,16-17,19-24,30-31H,1,8-15,18H2,2-6H3/t20-,21+,22-,23-,24-,25-,26-,27?,28-,29+/m1/s1. The third-order valence-electron chi connectivity index (χ3n) is 11.9.